The molecular weight excluding hydrogens is 616 g/mol. The van der Waals surface area contributed by atoms with Crippen molar-refractivity contribution in [2.24, 2.45) is 5.73 Å². The highest BCUT2D eigenvalue weighted by molar-refractivity contribution is 5.73. The molecular formula is C31H34N6O10. The van der Waals surface area contributed by atoms with Gasteiger partial charge >= 0.3 is 12.2 Å². The molecule has 8 N–H and O–H groups in total. The van der Waals surface area contributed by atoms with E-state index in [0.717, 1.165) is 34.4 Å². The summed E-state index contributed by atoms with van der Waals surface area (Å²) in [4.78, 5) is 42.2. The summed E-state index contributed by atoms with van der Waals surface area (Å²) in [5.41, 5.74) is 17.9. The first kappa shape index (κ1) is 33.1. The highest BCUT2D eigenvalue weighted by Gasteiger charge is 2.43. The van der Waals surface area contributed by atoms with Gasteiger partial charge in [-0.15, -0.1) is 0 Å². The third-order valence-electron chi connectivity index (χ3n) is 8.37. The Balaban J connectivity index is 0.000000133. The number of ether oxygens (including phenoxy) is 2. The van der Waals surface area contributed by atoms with Crippen LogP contribution in [0.5, 0.6) is 0 Å². The molecule has 6 atom stereocenters. The molecule has 0 radical (unpaired) electrons. The summed E-state index contributed by atoms with van der Waals surface area (Å²) in [6.45, 7) is 1.93. The molecule has 0 aromatic heterocycles. The SMILES string of the molecule is CCO.N[C@@H]1c2cc([N+](=O)[O-])ccc2C[C@@H]1O.Nc1ccc2c(c1)[C@H]1NC(=O)OC1C2.O=C1N[C@@H]2c3cc([N+](=O)[O-])ccc3CC2O1. The van der Waals surface area contributed by atoms with Gasteiger partial charge in [0.15, 0.2) is 0 Å². The van der Waals surface area contributed by atoms with Gasteiger partial charge in [-0.2, -0.15) is 0 Å². The number of carbonyl (C=O) groups excluding carboxylic acids is 2. The van der Waals surface area contributed by atoms with Gasteiger partial charge in [0.1, 0.15) is 12.2 Å². The molecule has 5 aliphatic rings. The monoisotopic (exact) mass is 650 g/mol. The zero-order valence-electron chi connectivity index (χ0n) is 25.2. The first-order valence-corrected chi connectivity index (χ1v) is 14.8. The van der Waals surface area contributed by atoms with Gasteiger partial charge in [0.05, 0.1) is 34.1 Å². The van der Waals surface area contributed by atoms with E-state index in [1.54, 1.807) is 19.1 Å². The summed E-state index contributed by atoms with van der Waals surface area (Å²) in [5.74, 6) is 0. The lowest BCUT2D eigenvalue weighted by Gasteiger charge is -2.07. The minimum absolute atomic E-state index is 0.000926. The number of nitro groups is 2. The van der Waals surface area contributed by atoms with Gasteiger partial charge in [-0.3, -0.25) is 20.2 Å². The summed E-state index contributed by atoms with van der Waals surface area (Å²) < 4.78 is 10.2. The number of aliphatic hydroxyl groups is 2. The van der Waals surface area contributed by atoms with Crippen LogP contribution in [0.4, 0.5) is 26.7 Å². The van der Waals surface area contributed by atoms with Crippen molar-refractivity contribution in [1.82, 2.24) is 10.6 Å². The van der Waals surface area contributed by atoms with Crippen LogP contribution in [0.1, 0.15) is 58.4 Å². The topological polar surface area (TPSA) is 255 Å². The molecule has 2 aliphatic heterocycles. The fraction of sp³-hybridized carbons (Fsp3) is 0.355. The molecule has 248 valence electrons. The smallest absolute Gasteiger partial charge is 0.408 e. The van der Waals surface area contributed by atoms with E-state index < -0.39 is 28.1 Å². The molecule has 3 aliphatic carbocycles. The number of nitrogens with zero attached hydrogens (tertiary/aromatic N) is 2. The average Bonchev–Trinajstić information content (AvgIpc) is 3.80. The molecule has 16 nitrogen and oxygen atoms in total. The number of hydrogen-bond donors (Lipinski definition) is 6. The second-order valence-electron chi connectivity index (χ2n) is 11.4. The van der Waals surface area contributed by atoms with Gasteiger partial charge in [0.2, 0.25) is 0 Å². The number of amides is 2. The fourth-order valence-electron chi connectivity index (χ4n) is 6.24. The number of aliphatic hydroxyl groups excluding tert-OH is 2. The van der Waals surface area contributed by atoms with E-state index in [9.17, 15) is 34.9 Å². The van der Waals surface area contributed by atoms with E-state index in [2.05, 4.69) is 10.6 Å². The second kappa shape index (κ2) is 13.6. The lowest BCUT2D eigenvalue weighted by molar-refractivity contribution is -0.385. The molecule has 2 fully saturated rings. The molecule has 2 saturated heterocycles. The van der Waals surface area contributed by atoms with Crippen molar-refractivity contribution in [3.63, 3.8) is 0 Å². The molecule has 0 bridgehead atoms. The Bertz CT molecular complexity index is 1720. The zero-order valence-corrected chi connectivity index (χ0v) is 25.2. The number of nitrogens with one attached hydrogen (secondary N) is 2. The van der Waals surface area contributed by atoms with Crippen LogP contribution in [0.15, 0.2) is 54.6 Å². The molecule has 0 spiro atoms. The van der Waals surface area contributed by atoms with Crippen molar-refractivity contribution < 1.29 is 39.1 Å². The number of hydrogen-bond acceptors (Lipinski definition) is 12. The number of nitrogen functional groups attached to an aromatic ring is 1. The van der Waals surface area contributed by atoms with Crippen LogP contribution in [0.2, 0.25) is 0 Å². The number of non-ortho nitro benzene ring substituents is 2. The zero-order chi connectivity index (χ0) is 34.0. The van der Waals surface area contributed by atoms with Gasteiger partial charge < -0.3 is 41.8 Å². The van der Waals surface area contributed by atoms with E-state index in [4.69, 9.17) is 26.0 Å². The quantitative estimate of drug-likeness (QED) is 0.133. The van der Waals surface area contributed by atoms with E-state index >= 15 is 0 Å². The minimum Gasteiger partial charge on any atom is -0.443 e. The van der Waals surface area contributed by atoms with Crippen molar-refractivity contribution in [1.29, 1.82) is 0 Å². The van der Waals surface area contributed by atoms with Crippen molar-refractivity contribution in [3.05, 3.63) is 108 Å². The van der Waals surface area contributed by atoms with Gasteiger partial charge in [-0.05, 0) is 52.4 Å². The van der Waals surface area contributed by atoms with Gasteiger partial charge in [-0.25, -0.2) is 9.59 Å². The third kappa shape index (κ3) is 6.94. The molecule has 3 aromatic rings. The maximum atomic E-state index is 11.0. The summed E-state index contributed by atoms with van der Waals surface area (Å²) in [5, 5.41) is 43.6. The Labute approximate surface area is 268 Å². The summed E-state index contributed by atoms with van der Waals surface area (Å²) in [6.07, 6.45) is 0.237. The normalized spacial score (nSPS) is 24.8. The molecule has 8 rings (SSSR count). The van der Waals surface area contributed by atoms with Crippen LogP contribution in [0.25, 0.3) is 0 Å². The van der Waals surface area contributed by atoms with E-state index in [1.807, 2.05) is 18.2 Å². The average molecular weight is 651 g/mol. The lowest BCUT2D eigenvalue weighted by Crippen LogP contribution is -2.21. The molecule has 3 aromatic carbocycles. The summed E-state index contributed by atoms with van der Waals surface area (Å²) in [7, 11) is 0. The first-order chi connectivity index (χ1) is 22.4. The largest absolute Gasteiger partial charge is 0.443 e. The number of rotatable bonds is 2. The molecule has 2 heterocycles. The van der Waals surface area contributed by atoms with Gasteiger partial charge in [0, 0.05) is 55.8 Å². The predicted octanol–water partition coefficient (Wildman–Crippen LogP) is 2.79. The number of benzene rings is 3. The standard InChI is InChI=1S/C10H8N2O4.C10H10N2O2.C9H10N2O3.C2H6O/c13-10-11-9-7-4-6(12(14)15)2-1-5(7)3-8(9)16-10;11-6-2-1-5-3-8-9(7(5)4-6)12-10(13)14-8;10-9-7-4-6(11(13)14)2-1-5(7)3-8(9)12;1-2-3/h1-2,4,8-9H,3H2,(H,11,13);1-2,4,8-9H,3,11H2,(H,12,13);1-2,4,8-9,12H,3,10H2;3H,2H2,1H3/t2*8?,9-;8-,9+;/m110./s1. The molecule has 2 amide bonds. The Hall–Kier alpha value is -5.32. The minimum atomic E-state index is -0.619. The number of nitro benzene ring substituents is 2. The number of anilines is 1. The predicted molar refractivity (Wildman–Crippen MR) is 166 cm³/mol. The Morgan fingerprint density at radius 3 is 1.70 bits per heavy atom. The van der Waals surface area contributed by atoms with Crippen LogP contribution < -0.4 is 22.1 Å². The number of fused-ring (bicyclic) bond motifs is 7. The number of alkyl carbamates (subject to hydrolysis) is 2. The van der Waals surface area contributed by atoms with Crippen molar-refractivity contribution in [3.8, 4) is 0 Å². The maximum absolute atomic E-state index is 11.0. The molecule has 2 unspecified atom stereocenters. The van der Waals surface area contributed by atoms with Crippen molar-refractivity contribution in [2.75, 3.05) is 12.3 Å². The van der Waals surface area contributed by atoms with E-state index in [-0.39, 0.29) is 48.4 Å². The number of carbonyl (C=O) groups is 2. The van der Waals surface area contributed by atoms with Crippen molar-refractivity contribution >= 4 is 29.2 Å². The third-order valence-corrected chi connectivity index (χ3v) is 8.37. The Kier molecular flexibility index (Phi) is 9.55. The Morgan fingerprint density at radius 2 is 1.21 bits per heavy atom. The lowest BCUT2D eigenvalue weighted by atomic mass is 10.1. The fourth-order valence-corrected chi connectivity index (χ4v) is 6.24. The van der Waals surface area contributed by atoms with Gasteiger partial charge in [0.25, 0.3) is 11.4 Å². The molecule has 16 heteroatoms. The van der Waals surface area contributed by atoms with Crippen LogP contribution in [-0.4, -0.2) is 57.2 Å². The second-order valence-corrected chi connectivity index (χ2v) is 11.4. The Morgan fingerprint density at radius 1 is 0.787 bits per heavy atom. The highest BCUT2D eigenvalue weighted by Crippen LogP contribution is 2.39. The van der Waals surface area contributed by atoms with Crippen LogP contribution >= 0.6 is 0 Å². The summed E-state index contributed by atoms with van der Waals surface area (Å²) >= 11 is 0. The van der Waals surface area contributed by atoms with Crippen LogP contribution in [-0.2, 0) is 28.7 Å². The van der Waals surface area contributed by atoms with Crippen molar-refractivity contribution in [2.45, 2.75) is 62.6 Å². The van der Waals surface area contributed by atoms with E-state index in [0.29, 0.717) is 18.4 Å². The molecule has 47 heavy (non-hydrogen) atoms. The summed E-state index contributed by atoms with van der Waals surface area (Å²) in [6, 6.07) is 14.3. The highest BCUT2D eigenvalue weighted by atomic mass is 16.6. The van der Waals surface area contributed by atoms with E-state index in [1.165, 1.54) is 29.8 Å². The number of nitrogens with two attached hydrogens (primary N) is 2. The van der Waals surface area contributed by atoms with Gasteiger partial charge in [-0.1, -0.05) is 18.2 Å². The van der Waals surface area contributed by atoms with Crippen LogP contribution in [0, 0.1) is 20.2 Å². The molecule has 0 saturated carbocycles. The maximum Gasteiger partial charge on any atom is 0.408 e. The van der Waals surface area contributed by atoms with Crippen LogP contribution in [0.3, 0.4) is 0 Å². The first-order valence-electron chi connectivity index (χ1n) is 14.8.